The summed E-state index contributed by atoms with van der Waals surface area (Å²) in [6.07, 6.45) is 6.01. The summed E-state index contributed by atoms with van der Waals surface area (Å²) in [6, 6.07) is 15.6. The van der Waals surface area contributed by atoms with E-state index in [1.165, 1.54) is 35.1 Å². The van der Waals surface area contributed by atoms with Crippen LogP contribution in [0.3, 0.4) is 0 Å². The Kier molecular flexibility index (Phi) is 4.57. The van der Waals surface area contributed by atoms with Crippen LogP contribution in [0.5, 0.6) is 5.75 Å². The van der Waals surface area contributed by atoms with Gasteiger partial charge in [0.15, 0.2) is 0 Å². The van der Waals surface area contributed by atoms with Crippen molar-refractivity contribution in [2.45, 2.75) is 39.3 Å². The Hall–Kier alpha value is -1.80. The molecule has 24 heavy (non-hydrogen) atoms. The van der Waals surface area contributed by atoms with Crippen molar-refractivity contribution in [1.82, 2.24) is 4.90 Å². The van der Waals surface area contributed by atoms with E-state index >= 15 is 0 Å². The Morgan fingerprint density at radius 2 is 1.92 bits per heavy atom. The van der Waals surface area contributed by atoms with Crippen LogP contribution in [0.15, 0.2) is 42.5 Å². The lowest BCUT2D eigenvalue weighted by molar-refractivity contribution is 0.245. The van der Waals surface area contributed by atoms with Crippen molar-refractivity contribution >= 4 is 0 Å². The summed E-state index contributed by atoms with van der Waals surface area (Å²) < 4.78 is 5.83. The van der Waals surface area contributed by atoms with Crippen molar-refractivity contribution in [2.75, 3.05) is 13.2 Å². The minimum Gasteiger partial charge on any atom is -0.493 e. The third-order valence-corrected chi connectivity index (χ3v) is 5.17. The first-order valence-corrected chi connectivity index (χ1v) is 9.15. The van der Waals surface area contributed by atoms with E-state index in [2.05, 4.69) is 60.7 Å². The fraction of sp³-hybridized carbons (Fsp3) is 0.409. The van der Waals surface area contributed by atoms with Crippen LogP contribution in [0.4, 0.5) is 0 Å². The zero-order valence-electron chi connectivity index (χ0n) is 14.5. The topological polar surface area (TPSA) is 12.5 Å². The number of hydrogen-bond donors (Lipinski definition) is 0. The molecule has 2 nitrogen and oxygen atoms in total. The van der Waals surface area contributed by atoms with Gasteiger partial charge >= 0.3 is 0 Å². The highest BCUT2D eigenvalue weighted by molar-refractivity contribution is 5.36. The SMILES string of the molecule is C[CH]c1ccc2c(c1)CCN(Cc1ccc(OCC3CC3)cc1)C2. The fourth-order valence-electron chi connectivity index (χ4n) is 3.39. The third-order valence-electron chi connectivity index (χ3n) is 5.17. The Bertz CT molecular complexity index is 688. The number of benzene rings is 2. The van der Waals surface area contributed by atoms with Crippen LogP contribution >= 0.6 is 0 Å². The van der Waals surface area contributed by atoms with Gasteiger partial charge in [-0.05, 0) is 66.0 Å². The second-order valence-electron chi connectivity index (χ2n) is 7.18. The molecule has 0 atom stereocenters. The molecule has 1 aliphatic carbocycles. The van der Waals surface area contributed by atoms with E-state index in [0.29, 0.717) is 0 Å². The van der Waals surface area contributed by atoms with Gasteiger partial charge in [0.25, 0.3) is 0 Å². The minimum absolute atomic E-state index is 0.809. The molecule has 0 N–H and O–H groups in total. The van der Waals surface area contributed by atoms with Gasteiger partial charge in [-0.25, -0.2) is 0 Å². The summed E-state index contributed by atoms with van der Waals surface area (Å²) in [6.45, 7) is 6.21. The highest BCUT2D eigenvalue weighted by atomic mass is 16.5. The molecule has 2 aromatic carbocycles. The standard InChI is InChI=1S/C22H26NO/c1-2-17-5-8-21-15-23(12-11-20(21)13-17)14-18-6-9-22(10-7-18)24-16-19-3-4-19/h2,5-10,13,19H,3-4,11-12,14-16H2,1H3. The maximum atomic E-state index is 5.83. The van der Waals surface area contributed by atoms with E-state index in [0.717, 1.165) is 44.3 Å². The quantitative estimate of drug-likeness (QED) is 0.771. The van der Waals surface area contributed by atoms with E-state index in [4.69, 9.17) is 4.74 Å². The number of hydrogen-bond acceptors (Lipinski definition) is 2. The van der Waals surface area contributed by atoms with Gasteiger partial charge in [-0.3, -0.25) is 4.90 Å². The third kappa shape index (κ3) is 3.81. The summed E-state index contributed by atoms with van der Waals surface area (Å²) >= 11 is 0. The fourth-order valence-corrected chi connectivity index (χ4v) is 3.39. The molecule has 125 valence electrons. The molecule has 1 radical (unpaired) electrons. The van der Waals surface area contributed by atoms with Crippen molar-refractivity contribution in [3.8, 4) is 5.75 Å². The summed E-state index contributed by atoms with van der Waals surface area (Å²) in [4.78, 5) is 2.54. The summed E-state index contributed by atoms with van der Waals surface area (Å²) in [5.41, 5.74) is 5.71. The van der Waals surface area contributed by atoms with E-state index in [1.807, 2.05) is 0 Å². The van der Waals surface area contributed by atoms with Gasteiger partial charge in [-0.15, -0.1) is 0 Å². The zero-order valence-corrected chi connectivity index (χ0v) is 14.5. The van der Waals surface area contributed by atoms with Gasteiger partial charge in [0.05, 0.1) is 6.61 Å². The van der Waals surface area contributed by atoms with Crippen LogP contribution in [0, 0.1) is 12.3 Å². The lowest BCUT2D eigenvalue weighted by Gasteiger charge is -2.29. The molecule has 0 spiro atoms. The van der Waals surface area contributed by atoms with Crippen molar-refractivity contribution < 1.29 is 4.74 Å². The average Bonchev–Trinajstić information content (AvgIpc) is 3.45. The highest BCUT2D eigenvalue weighted by Gasteiger charge is 2.22. The molecule has 0 bridgehead atoms. The minimum atomic E-state index is 0.809. The number of fused-ring (bicyclic) bond motifs is 1. The first-order valence-electron chi connectivity index (χ1n) is 9.15. The van der Waals surface area contributed by atoms with E-state index in [1.54, 1.807) is 0 Å². The second-order valence-corrected chi connectivity index (χ2v) is 7.18. The van der Waals surface area contributed by atoms with Crippen LogP contribution in [0.25, 0.3) is 0 Å². The van der Waals surface area contributed by atoms with Crippen LogP contribution < -0.4 is 4.74 Å². The molecule has 1 saturated carbocycles. The van der Waals surface area contributed by atoms with Gasteiger partial charge in [-0.2, -0.15) is 0 Å². The monoisotopic (exact) mass is 320 g/mol. The van der Waals surface area contributed by atoms with Gasteiger partial charge < -0.3 is 4.74 Å². The van der Waals surface area contributed by atoms with Crippen molar-refractivity contribution in [3.05, 3.63) is 71.1 Å². The van der Waals surface area contributed by atoms with Crippen LogP contribution in [-0.2, 0) is 19.5 Å². The Morgan fingerprint density at radius 3 is 2.67 bits per heavy atom. The highest BCUT2D eigenvalue weighted by Crippen LogP contribution is 2.29. The van der Waals surface area contributed by atoms with Gasteiger partial charge in [0.1, 0.15) is 5.75 Å². The van der Waals surface area contributed by atoms with E-state index in [9.17, 15) is 0 Å². The largest absolute Gasteiger partial charge is 0.493 e. The summed E-state index contributed by atoms with van der Waals surface area (Å²) in [5.74, 6) is 1.82. The van der Waals surface area contributed by atoms with Crippen molar-refractivity contribution in [1.29, 1.82) is 0 Å². The molecule has 1 heterocycles. The van der Waals surface area contributed by atoms with Crippen LogP contribution in [0.1, 0.15) is 42.0 Å². The van der Waals surface area contributed by atoms with Gasteiger partial charge in [0, 0.05) is 19.6 Å². The van der Waals surface area contributed by atoms with E-state index < -0.39 is 0 Å². The molecule has 2 aromatic rings. The molecular weight excluding hydrogens is 294 g/mol. The maximum Gasteiger partial charge on any atom is 0.119 e. The lowest BCUT2D eigenvalue weighted by Crippen LogP contribution is -2.30. The maximum absolute atomic E-state index is 5.83. The first kappa shape index (κ1) is 15.7. The smallest absolute Gasteiger partial charge is 0.119 e. The molecule has 0 unspecified atom stereocenters. The predicted octanol–water partition coefficient (Wildman–Crippen LogP) is 4.61. The number of rotatable bonds is 6. The molecule has 0 amide bonds. The molecule has 1 aliphatic heterocycles. The van der Waals surface area contributed by atoms with Crippen molar-refractivity contribution in [2.24, 2.45) is 5.92 Å². The van der Waals surface area contributed by atoms with Gasteiger partial charge in [-0.1, -0.05) is 37.3 Å². The summed E-state index contributed by atoms with van der Waals surface area (Å²) in [5, 5.41) is 0. The Morgan fingerprint density at radius 1 is 1.08 bits per heavy atom. The lowest BCUT2D eigenvalue weighted by atomic mass is 9.96. The van der Waals surface area contributed by atoms with Crippen LogP contribution in [0.2, 0.25) is 0 Å². The normalized spacial score (nSPS) is 17.5. The Balaban J connectivity index is 1.35. The first-order chi connectivity index (χ1) is 11.8. The molecule has 4 rings (SSSR count). The number of nitrogens with zero attached hydrogens (tertiary/aromatic N) is 1. The molecule has 2 heteroatoms. The summed E-state index contributed by atoms with van der Waals surface area (Å²) in [7, 11) is 0. The number of ether oxygens (including phenoxy) is 1. The zero-order chi connectivity index (χ0) is 16.4. The van der Waals surface area contributed by atoms with Crippen LogP contribution in [-0.4, -0.2) is 18.1 Å². The Labute approximate surface area is 145 Å². The molecule has 1 fully saturated rings. The molecule has 0 saturated heterocycles. The molecule has 0 aromatic heterocycles. The second kappa shape index (κ2) is 6.98. The molecule has 2 aliphatic rings. The average molecular weight is 320 g/mol. The van der Waals surface area contributed by atoms with Crippen molar-refractivity contribution in [3.63, 3.8) is 0 Å². The van der Waals surface area contributed by atoms with Gasteiger partial charge in [0.2, 0.25) is 0 Å². The predicted molar refractivity (Wildman–Crippen MR) is 98.0 cm³/mol. The molecular formula is C22H26NO. The van der Waals surface area contributed by atoms with E-state index in [-0.39, 0.29) is 0 Å².